The molecule has 3 nitrogen and oxygen atoms in total. The summed E-state index contributed by atoms with van der Waals surface area (Å²) in [4.78, 5) is 0. The standard InChI is InChI=1S/C13H12ClN3/c14-11-5-7-12(8-6-11)17-16-9-10-3-1-2-4-13(10)15/h1-9,17H,15H2. The van der Waals surface area contributed by atoms with Crippen LogP contribution in [0.1, 0.15) is 5.56 Å². The smallest absolute Gasteiger partial charge is 0.0565 e. The molecule has 2 rings (SSSR count). The molecular formula is C13H12ClN3. The minimum Gasteiger partial charge on any atom is -0.398 e. The molecule has 0 aliphatic rings. The zero-order valence-corrected chi connectivity index (χ0v) is 9.85. The van der Waals surface area contributed by atoms with E-state index in [1.165, 1.54) is 0 Å². The van der Waals surface area contributed by atoms with E-state index in [0.717, 1.165) is 11.3 Å². The topological polar surface area (TPSA) is 50.4 Å². The molecule has 0 spiro atoms. The van der Waals surface area contributed by atoms with Gasteiger partial charge >= 0.3 is 0 Å². The van der Waals surface area contributed by atoms with Crippen LogP contribution in [0.5, 0.6) is 0 Å². The van der Waals surface area contributed by atoms with Gasteiger partial charge in [-0.2, -0.15) is 5.10 Å². The predicted octanol–water partition coefficient (Wildman–Crippen LogP) is 3.37. The maximum Gasteiger partial charge on any atom is 0.0565 e. The van der Waals surface area contributed by atoms with Gasteiger partial charge in [-0.1, -0.05) is 29.8 Å². The number of nitrogens with two attached hydrogens (primary N) is 1. The summed E-state index contributed by atoms with van der Waals surface area (Å²) in [6, 6.07) is 14.9. The summed E-state index contributed by atoms with van der Waals surface area (Å²) in [7, 11) is 0. The van der Waals surface area contributed by atoms with E-state index in [4.69, 9.17) is 17.3 Å². The number of hydrogen-bond acceptors (Lipinski definition) is 3. The molecule has 3 N–H and O–H groups in total. The van der Waals surface area contributed by atoms with Crippen molar-refractivity contribution in [3.05, 3.63) is 59.1 Å². The number of halogens is 1. The normalized spacial score (nSPS) is 10.6. The molecule has 86 valence electrons. The van der Waals surface area contributed by atoms with Gasteiger partial charge in [0, 0.05) is 16.3 Å². The van der Waals surface area contributed by atoms with Crippen LogP contribution in [0, 0.1) is 0 Å². The lowest BCUT2D eigenvalue weighted by Gasteiger charge is -2.01. The zero-order valence-electron chi connectivity index (χ0n) is 9.10. The first-order valence-electron chi connectivity index (χ1n) is 5.15. The van der Waals surface area contributed by atoms with Crippen LogP contribution in [-0.4, -0.2) is 6.21 Å². The van der Waals surface area contributed by atoms with Crippen molar-refractivity contribution in [1.82, 2.24) is 0 Å². The van der Waals surface area contributed by atoms with Gasteiger partial charge in [0.1, 0.15) is 0 Å². The minimum absolute atomic E-state index is 0.701. The molecule has 0 atom stereocenters. The SMILES string of the molecule is Nc1ccccc1C=NNc1ccc(Cl)cc1. The molecule has 0 aliphatic carbocycles. The highest BCUT2D eigenvalue weighted by Gasteiger charge is 1.93. The van der Waals surface area contributed by atoms with Gasteiger partial charge in [0.25, 0.3) is 0 Å². The fraction of sp³-hybridized carbons (Fsp3) is 0. The first-order valence-corrected chi connectivity index (χ1v) is 5.52. The van der Waals surface area contributed by atoms with Crippen LogP contribution in [-0.2, 0) is 0 Å². The molecule has 0 aliphatic heterocycles. The first-order chi connectivity index (χ1) is 8.25. The average molecular weight is 246 g/mol. The second-order valence-corrected chi connectivity index (χ2v) is 3.94. The molecule has 0 unspecified atom stereocenters. The van der Waals surface area contributed by atoms with Crippen LogP contribution in [0.3, 0.4) is 0 Å². The summed E-state index contributed by atoms with van der Waals surface area (Å²) in [5.74, 6) is 0. The van der Waals surface area contributed by atoms with Crippen molar-refractivity contribution in [2.24, 2.45) is 5.10 Å². The quantitative estimate of drug-likeness (QED) is 0.495. The van der Waals surface area contributed by atoms with Crippen molar-refractivity contribution in [3.63, 3.8) is 0 Å². The Hall–Kier alpha value is -2.00. The third-order valence-corrected chi connectivity index (χ3v) is 2.49. The molecule has 0 saturated heterocycles. The number of hydrazone groups is 1. The van der Waals surface area contributed by atoms with E-state index in [2.05, 4.69) is 10.5 Å². The third-order valence-electron chi connectivity index (χ3n) is 2.24. The van der Waals surface area contributed by atoms with E-state index in [1.54, 1.807) is 18.3 Å². The Bertz CT molecular complexity index is 520. The van der Waals surface area contributed by atoms with Gasteiger partial charge in [-0.15, -0.1) is 0 Å². The fourth-order valence-corrected chi connectivity index (χ4v) is 1.46. The van der Waals surface area contributed by atoms with E-state index in [9.17, 15) is 0 Å². The van der Waals surface area contributed by atoms with Crippen LogP contribution in [0.15, 0.2) is 53.6 Å². The maximum absolute atomic E-state index is 5.78. The Morgan fingerprint density at radius 1 is 1.06 bits per heavy atom. The number of nitrogens with zero attached hydrogens (tertiary/aromatic N) is 1. The first kappa shape index (κ1) is 11.5. The molecule has 4 heteroatoms. The molecule has 0 radical (unpaired) electrons. The number of para-hydroxylation sites is 1. The van der Waals surface area contributed by atoms with E-state index in [0.29, 0.717) is 10.7 Å². The molecule has 2 aromatic carbocycles. The van der Waals surface area contributed by atoms with Crippen molar-refractivity contribution in [3.8, 4) is 0 Å². The largest absolute Gasteiger partial charge is 0.398 e. The van der Waals surface area contributed by atoms with Gasteiger partial charge in [0.15, 0.2) is 0 Å². The number of hydrogen-bond donors (Lipinski definition) is 2. The van der Waals surface area contributed by atoms with Gasteiger partial charge in [0.05, 0.1) is 11.9 Å². The minimum atomic E-state index is 0.701. The van der Waals surface area contributed by atoms with Crippen LogP contribution < -0.4 is 11.2 Å². The number of anilines is 2. The van der Waals surface area contributed by atoms with Gasteiger partial charge < -0.3 is 5.73 Å². The molecular weight excluding hydrogens is 234 g/mol. The lowest BCUT2D eigenvalue weighted by atomic mass is 10.2. The summed E-state index contributed by atoms with van der Waals surface area (Å²) in [5.41, 5.74) is 11.1. The zero-order chi connectivity index (χ0) is 12.1. The van der Waals surface area contributed by atoms with E-state index in [-0.39, 0.29) is 0 Å². The summed E-state index contributed by atoms with van der Waals surface area (Å²) >= 11 is 5.78. The van der Waals surface area contributed by atoms with Crippen LogP contribution in [0.25, 0.3) is 0 Å². The molecule has 0 fully saturated rings. The Kier molecular flexibility index (Phi) is 3.62. The molecule has 0 heterocycles. The van der Waals surface area contributed by atoms with Crippen LogP contribution in [0.2, 0.25) is 5.02 Å². The molecule has 17 heavy (non-hydrogen) atoms. The monoisotopic (exact) mass is 245 g/mol. The fourth-order valence-electron chi connectivity index (χ4n) is 1.33. The van der Waals surface area contributed by atoms with E-state index in [1.807, 2.05) is 36.4 Å². The van der Waals surface area contributed by atoms with Crippen molar-refractivity contribution >= 4 is 29.2 Å². The van der Waals surface area contributed by atoms with Crippen molar-refractivity contribution in [1.29, 1.82) is 0 Å². The van der Waals surface area contributed by atoms with Gasteiger partial charge in [0.2, 0.25) is 0 Å². The lowest BCUT2D eigenvalue weighted by Crippen LogP contribution is -1.94. The van der Waals surface area contributed by atoms with Crippen molar-refractivity contribution < 1.29 is 0 Å². The molecule has 0 amide bonds. The lowest BCUT2D eigenvalue weighted by molar-refractivity contribution is 1.35. The summed E-state index contributed by atoms with van der Waals surface area (Å²) in [5, 5.41) is 4.81. The summed E-state index contributed by atoms with van der Waals surface area (Å²) in [6.07, 6.45) is 1.68. The predicted molar refractivity (Wildman–Crippen MR) is 73.5 cm³/mol. The molecule has 0 aromatic heterocycles. The number of nitrogen functional groups attached to an aromatic ring is 1. The van der Waals surface area contributed by atoms with Crippen molar-refractivity contribution in [2.45, 2.75) is 0 Å². The van der Waals surface area contributed by atoms with Crippen LogP contribution in [0.4, 0.5) is 11.4 Å². The van der Waals surface area contributed by atoms with Crippen molar-refractivity contribution in [2.75, 3.05) is 11.2 Å². The number of benzene rings is 2. The Balaban J connectivity index is 2.03. The average Bonchev–Trinajstić information content (AvgIpc) is 2.34. The Labute approximate surface area is 105 Å². The molecule has 0 saturated carbocycles. The summed E-state index contributed by atoms with van der Waals surface area (Å²) in [6.45, 7) is 0. The Morgan fingerprint density at radius 2 is 1.76 bits per heavy atom. The highest BCUT2D eigenvalue weighted by Crippen LogP contribution is 2.13. The van der Waals surface area contributed by atoms with E-state index < -0.39 is 0 Å². The highest BCUT2D eigenvalue weighted by atomic mass is 35.5. The number of rotatable bonds is 3. The molecule has 0 bridgehead atoms. The molecule has 2 aromatic rings. The maximum atomic E-state index is 5.78. The van der Waals surface area contributed by atoms with Gasteiger partial charge in [-0.05, 0) is 30.3 Å². The highest BCUT2D eigenvalue weighted by molar-refractivity contribution is 6.30. The third kappa shape index (κ3) is 3.23. The van der Waals surface area contributed by atoms with Crippen LogP contribution >= 0.6 is 11.6 Å². The van der Waals surface area contributed by atoms with Gasteiger partial charge in [-0.3, -0.25) is 5.43 Å². The second-order valence-electron chi connectivity index (χ2n) is 3.51. The van der Waals surface area contributed by atoms with Gasteiger partial charge in [-0.25, -0.2) is 0 Å². The van der Waals surface area contributed by atoms with E-state index >= 15 is 0 Å². The number of nitrogens with one attached hydrogen (secondary N) is 1. The second kappa shape index (κ2) is 5.37. The Morgan fingerprint density at radius 3 is 2.47 bits per heavy atom. The summed E-state index contributed by atoms with van der Waals surface area (Å²) < 4.78 is 0.